The maximum absolute atomic E-state index is 12.5. The predicted molar refractivity (Wildman–Crippen MR) is 98.8 cm³/mol. The molecule has 2 heterocycles. The monoisotopic (exact) mass is 362 g/mol. The molecule has 0 spiro atoms. The summed E-state index contributed by atoms with van der Waals surface area (Å²) in [6.07, 6.45) is 2.35. The van der Waals surface area contributed by atoms with Gasteiger partial charge in [-0.15, -0.1) is 11.3 Å². The van der Waals surface area contributed by atoms with Gasteiger partial charge in [0.2, 0.25) is 5.91 Å². The first kappa shape index (κ1) is 17.3. The van der Waals surface area contributed by atoms with Gasteiger partial charge >= 0.3 is 0 Å². The molecule has 1 aromatic carbocycles. The molecule has 2 N–H and O–H groups in total. The van der Waals surface area contributed by atoms with Crippen LogP contribution in [0.15, 0.2) is 30.3 Å². The topological polar surface area (TPSA) is 54.1 Å². The number of aromatic nitrogens is 1. The van der Waals surface area contributed by atoms with E-state index in [4.69, 9.17) is 17.0 Å². The molecule has 6 heteroatoms. The number of rotatable bonds is 6. The molecule has 2 aromatic rings. The van der Waals surface area contributed by atoms with Crippen LogP contribution >= 0.6 is 23.6 Å². The van der Waals surface area contributed by atoms with E-state index in [2.05, 4.69) is 22.4 Å². The van der Waals surface area contributed by atoms with E-state index in [-0.39, 0.29) is 11.9 Å². The number of amides is 1. The molecule has 1 aliphatic heterocycles. The van der Waals surface area contributed by atoms with Crippen molar-refractivity contribution in [1.82, 2.24) is 10.3 Å². The van der Waals surface area contributed by atoms with Crippen molar-refractivity contribution >= 4 is 29.5 Å². The van der Waals surface area contributed by atoms with Gasteiger partial charge in [-0.2, -0.15) is 0 Å². The Balaban J connectivity index is 1.69. The fraction of sp³-hybridized carbons (Fsp3) is 0.444. The third kappa shape index (κ3) is 4.53. The molecule has 24 heavy (non-hydrogen) atoms. The molecule has 1 fully saturated rings. The Labute approximate surface area is 151 Å². The smallest absolute Gasteiger partial charge is 0.225 e. The minimum absolute atomic E-state index is 0.0256. The van der Waals surface area contributed by atoms with E-state index < -0.39 is 0 Å². The molecule has 0 saturated carbocycles. The molecule has 4 nitrogen and oxygen atoms in total. The molecule has 0 aliphatic carbocycles. The van der Waals surface area contributed by atoms with Crippen LogP contribution in [0.1, 0.15) is 35.0 Å². The highest BCUT2D eigenvalue weighted by Crippen LogP contribution is 2.27. The zero-order valence-electron chi connectivity index (χ0n) is 13.7. The fourth-order valence-electron chi connectivity index (χ4n) is 3.06. The van der Waals surface area contributed by atoms with Crippen LogP contribution in [0.3, 0.4) is 0 Å². The van der Waals surface area contributed by atoms with Crippen LogP contribution in [0.25, 0.3) is 0 Å². The van der Waals surface area contributed by atoms with E-state index in [0.29, 0.717) is 12.3 Å². The summed E-state index contributed by atoms with van der Waals surface area (Å²) in [5.41, 5.74) is 2.14. The third-order valence-electron chi connectivity index (χ3n) is 4.38. The Morgan fingerprint density at radius 2 is 2.25 bits per heavy atom. The second-order valence-electron chi connectivity index (χ2n) is 6.24. The summed E-state index contributed by atoms with van der Waals surface area (Å²) in [4.78, 5) is 16.6. The van der Waals surface area contributed by atoms with Crippen molar-refractivity contribution in [3.8, 4) is 0 Å². The van der Waals surface area contributed by atoms with Gasteiger partial charge in [0.1, 0.15) is 0 Å². The number of aryl methyl sites for hydroxylation is 1. The van der Waals surface area contributed by atoms with E-state index >= 15 is 0 Å². The average Bonchev–Trinajstić information content (AvgIpc) is 3.17. The minimum Gasteiger partial charge on any atom is -0.381 e. The summed E-state index contributed by atoms with van der Waals surface area (Å²) in [6.45, 7) is 3.57. The second-order valence-corrected chi connectivity index (χ2v) is 8.01. The molecular weight excluding hydrogens is 340 g/mol. The van der Waals surface area contributed by atoms with Crippen molar-refractivity contribution in [1.29, 1.82) is 0 Å². The molecule has 1 aliphatic rings. The maximum atomic E-state index is 12.5. The molecule has 3 rings (SSSR count). The average molecular weight is 363 g/mol. The van der Waals surface area contributed by atoms with E-state index in [0.717, 1.165) is 46.1 Å². The SMILES string of the molecule is Cc1[nH]c(=S)sc1CC(=O)N[C@H](C[C@@H]1CCOC1)c1ccccc1. The van der Waals surface area contributed by atoms with Crippen LogP contribution in [0.5, 0.6) is 0 Å². The molecule has 0 bridgehead atoms. The highest BCUT2D eigenvalue weighted by atomic mass is 32.1. The Morgan fingerprint density at radius 3 is 2.88 bits per heavy atom. The number of aromatic amines is 1. The van der Waals surface area contributed by atoms with E-state index in [1.807, 2.05) is 25.1 Å². The first-order chi connectivity index (χ1) is 11.6. The summed E-state index contributed by atoms with van der Waals surface area (Å²) in [5.74, 6) is 0.544. The number of H-pyrrole nitrogens is 1. The largest absolute Gasteiger partial charge is 0.381 e. The standard InChI is InChI=1S/C18H22N2O2S2/c1-12-16(24-18(23)19-12)10-17(21)20-15(9-13-7-8-22-11-13)14-5-3-2-4-6-14/h2-6,13,15H,7-11H2,1H3,(H,19,23)(H,20,21)/t13-,15+/m0/s1. The Hall–Kier alpha value is -1.50. The lowest BCUT2D eigenvalue weighted by Crippen LogP contribution is -2.31. The lowest BCUT2D eigenvalue weighted by Gasteiger charge is -2.22. The molecular formula is C18H22N2O2S2. The molecule has 2 atom stereocenters. The van der Waals surface area contributed by atoms with Crippen LogP contribution in [-0.4, -0.2) is 24.1 Å². The van der Waals surface area contributed by atoms with Crippen molar-refractivity contribution in [2.24, 2.45) is 5.92 Å². The zero-order valence-corrected chi connectivity index (χ0v) is 15.3. The number of nitrogens with one attached hydrogen (secondary N) is 2. The number of benzene rings is 1. The normalized spacial score (nSPS) is 18.5. The first-order valence-corrected chi connectivity index (χ1v) is 9.45. The number of ether oxygens (including phenoxy) is 1. The van der Waals surface area contributed by atoms with Gasteiger partial charge in [-0.25, -0.2) is 0 Å². The van der Waals surface area contributed by atoms with Crippen molar-refractivity contribution < 1.29 is 9.53 Å². The lowest BCUT2D eigenvalue weighted by molar-refractivity contribution is -0.121. The van der Waals surface area contributed by atoms with Crippen molar-refractivity contribution in [2.75, 3.05) is 13.2 Å². The number of carbonyl (C=O) groups excluding carboxylic acids is 1. The van der Waals surface area contributed by atoms with Crippen LogP contribution < -0.4 is 5.32 Å². The third-order valence-corrected chi connectivity index (χ3v) is 5.71. The van der Waals surface area contributed by atoms with E-state index in [1.54, 1.807) is 0 Å². The van der Waals surface area contributed by atoms with Gasteiger partial charge in [-0.1, -0.05) is 30.3 Å². The van der Waals surface area contributed by atoms with Crippen LogP contribution in [0, 0.1) is 16.8 Å². The van der Waals surface area contributed by atoms with Crippen molar-refractivity contribution in [3.63, 3.8) is 0 Å². The van der Waals surface area contributed by atoms with Crippen LogP contribution in [0.2, 0.25) is 0 Å². The maximum Gasteiger partial charge on any atom is 0.225 e. The zero-order chi connectivity index (χ0) is 16.9. The van der Waals surface area contributed by atoms with E-state index in [9.17, 15) is 4.79 Å². The molecule has 128 valence electrons. The Kier molecular flexibility index (Phi) is 5.81. The summed E-state index contributed by atoms with van der Waals surface area (Å²) in [5, 5.41) is 3.21. The van der Waals surface area contributed by atoms with E-state index in [1.165, 1.54) is 11.3 Å². The molecule has 1 aromatic heterocycles. The van der Waals surface area contributed by atoms with Crippen LogP contribution in [0.4, 0.5) is 0 Å². The van der Waals surface area contributed by atoms with Crippen molar-refractivity contribution in [3.05, 3.63) is 50.4 Å². The van der Waals surface area contributed by atoms with Crippen LogP contribution in [-0.2, 0) is 16.0 Å². The van der Waals surface area contributed by atoms with Gasteiger partial charge in [0, 0.05) is 23.8 Å². The number of thiazole rings is 1. The van der Waals surface area contributed by atoms with Crippen molar-refractivity contribution in [2.45, 2.75) is 32.2 Å². The second kappa shape index (κ2) is 8.05. The van der Waals surface area contributed by atoms with Gasteiger partial charge < -0.3 is 15.0 Å². The lowest BCUT2D eigenvalue weighted by atomic mass is 9.94. The summed E-state index contributed by atoms with van der Waals surface area (Å²) in [6, 6.07) is 10.2. The Morgan fingerprint density at radius 1 is 1.46 bits per heavy atom. The number of carbonyl (C=O) groups is 1. The molecule has 0 radical (unpaired) electrons. The van der Waals surface area contributed by atoms with Gasteiger partial charge in [0.05, 0.1) is 12.5 Å². The molecule has 1 saturated heterocycles. The molecule has 1 amide bonds. The Bertz CT molecular complexity index is 733. The number of hydrogen-bond acceptors (Lipinski definition) is 4. The van der Waals surface area contributed by atoms with Gasteiger partial charge in [-0.05, 0) is 43.5 Å². The molecule has 0 unspecified atom stereocenters. The minimum atomic E-state index is 0.0256. The number of hydrogen-bond donors (Lipinski definition) is 2. The first-order valence-electron chi connectivity index (χ1n) is 8.22. The van der Waals surface area contributed by atoms with Gasteiger partial charge in [-0.3, -0.25) is 4.79 Å². The highest BCUT2D eigenvalue weighted by Gasteiger charge is 2.23. The summed E-state index contributed by atoms with van der Waals surface area (Å²) < 4.78 is 6.21. The predicted octanol–water partition coefficient (Wildman–Crippen LogP) is 3.94. The summed E-state index contributed by atoms with van der Waals surface area (Å²) in [7, 11) is 0. The highest BCUT2D eigenvalue weighted by molar-refractivity contribution is 7.73. The summed E-state index contributed by atoms with van der Waals surface area (Å²) >= 11 is 6.63. The van der Waals surface area contributed by atoms with Gasteiger partial charge in [0.15, 0.2) is 3.95 Å². The quantitative estimate of drug-likeness (QED) is 0.765. The van der Waals surface area contributed by atoms with Gasteiger partial charge in [0.25, 0.3) is 0 Å². The fourth-order valence-corrected chi connectivity index (χ4v) is 4.35.